The number of likely N-dealkylation sites (N-methyl/N-ethyl adjacent to an activating group) is 1. The van der Waals surface area contributed by atoms with Gasteiger partial charge in [-0.05, 0) is 58.0 Å². The first-order chi connectivity index (χ1) is 8.20. The first kappa shape index (κ1) is 13.4. The molecule has 0 radical (unpaired) electrons. The van der Waals surface area contributed by atoms with Gasteiger partial charge in [-0.25, -0.2) is 0 Å². The van der Waals surface area contributed by atoms with Gasteiger partial charge in [0.1, 0.15) is 0 Å². The zero-order valence-electron chi connectivity index (χ0n) is 11.9. The molecule has 3 atom stereocenters. The van der Waals surface area contributed by atoms with Crippen LogP contribution in [0.1, 0.15) is 52.4 Å². The maximum atomic E-state index is 3.58. The molecular formula is C15H30N2. The molecule has 1 heterocycles. The quantitative estimate of drug-likeness (QED) is 0.810. The van der Waals surface area contributed by atoms with Crippen molar-refractivity contribution in [3.8, 4) is 0 Å². The lowest BCUT2D eigenvalue weighted by Gasteiger charge is -2.39. The molecule has 0 aromatic rings. The molecule has 2 rings (SSSR count). The van der Waals surface area contributed by atoms with Gasteiger partial charge < -0.3 is 5.32 Å². The Morgan fingerprint density at radius 1 is 1.18 bits per heavy atom. The highest BCUT2D eigenvalue weighted by Crippen LogP contribution is 2.29. The SMILES string of the molecule is CNC(CN1CCC(C)CC1C)C1CCCC1. The van der Waals surface area contributed by atoms with Crippen molar-refractivity contribution in [3.05, 3.63) is 0 Å². The predicted octanol–water partition coefficient (Wildman–Crippen LogP) is 2.89. The van der Waals surface area contributed by atoms with Gasteiger partial charge in [-0.3, -0.25) is 4.90 Å². The van der Waals surface area contributed by atoms with Gasteiger partial charge >= 0.3 is 0 Å². The third kappa shape index (κ3) is 3.45. The minimum Gasteiger partial charge on any atom is -0.315 e. The average molecular weight is 238 g/mol. The molecule has 2 aliphatic rings. The molecule has 3 unspecified atom stereocenters. The van der Waals surface area contributed by atoms with E-state index in [9.17, 15) is 0 Å². The fraction of sp³-hybridized carbons (Fsp3) is 1.00. The van der Waals surface area contributed by atoms with Crippen LogP contribution in [-0.2, 0) is 0 Å². The van der Waals surface area contributed by atoms with Crippen LogP contribution in [0.25, 0.3) is 0 Å². The summed E-state index contributed by atoms with van der Waals surface area (Å²) >= 11 is 0. The molecular weight excluding hydrogens is 208 g/mol. The topological polar surface area (TPSA) is 15.3 Å². The van der Waals surface area contributed by atoms with E-state index in [1.165, 1.54) is 51.6 Å². The largest absolute Gasteiger partial charge is 0.315 e. The van der Waals surface area contributed by atoms with Crippen LogP contribution in [0, 0.1) is 11.8 Å². The lowest BCUT2D eigenvalue weighted by Crippen LogP contribution is -2.49. The Morgan fingerprint density at radius 3 is 2.47 bits per heavy atom. The van der Waals surface area contributed by atoms with Crippen LogP contribution in [-0.4, -0.2) is 37.1 Å². The number of rotatable bonds is 4. The van der Waals surface area contributed by atoms with E-state index in [2.05, 4.69) is 31.1 Å². The summed E-state index contributed by atoms with van der Waals surface area (Å²) in [5.41, 5.74) is 0. The van der Waals surface area contributed by atoms with Crippen molar-refractivity contribution in [2.75, 3.05) is 20.1 Å². The molecule has 2 heteroatoms. The molecule has 1 aliphatic heterocycles. The summed E-state index contributed by atoms with van der Waals surface area (Å²) in [6.45, 7) is 7.40. The number of piperidine rings is 1. The van der Waals surface area contributed by atoms with Gasteiger partial charge in [0, 0.05) is 18.6 Å². The average Bonchev–Trinajstić information content (AvgIpc) is 2.81. The van der Waals surface area contributed by atoms with E-state index < -0.39 is 0 Å². The van der Waals surface area contributed by atoms with Crippen LogP contribution in [0.4, 0.5) is 0 Å². The van der Waals surface area contributed by atoms with Gasteiger partial charge in [-0.15, -0.1) is 0 Å². The van der Waals surface area contributed by atoms with Gasteiger partial charge in [-0.1, -0.05) is 19.8 Å². The van der Waals surface area contributed by atoms with Crippen LogP contribution in [0.5, 0.6) is 0 Å². The molecule has 100 valence electrons. The lowest BCUT2D eigenvalue weighted by molar-refractivity contribution is 0.107. The highest BCUT2D eigenvalue weighted by molar-refractivity contribution is 4.86. The molecule has 0 bridgehead atoms. The molecule has 1 saturated carbocycles. The number of hydrogen-bond acceptors (Lipinski definition) is 2. The fourth-order valence-corrected chi connectivity index (χ4v) is 3.82. The van der Waals surface area contributed by atoms with E-state index in [1.54, 1.807) is 0 Å². The van der Waals surface area contributed by atoms with E-state index >= 15 is 0 Å². The Bertz CT molecular complexity index is 223. The minimum absolute atomic E-state index is 0.730. The van der Waals surface area contributed by atoms with Crippen molar-refractivity contribution in [1.82, 2.24) is 10.2 Å². The number of nitrogens with zero attached hydrogens (tertiary/aromatic N) is 1. The second kappa shape index (κ2) is 6.19. The Balaban J connectivity index is 1.85. The fourth-order valence-electron chi connectivity index (χ4n) is 3.82. The Morgan fingerprint density at radius 2 is 1.88 bits per heavy atom. The third-order valence-electron chi connectivity index (χ3n) is 5.05. The highest BCUT2D eigenvalue weighted by atomic mass is 15.2. The first-order valence-corrected chi connectivity index (χ1v) is 7.62. The van der Waals surface area contributed by atoms with E-state index in [0.29, 0.717) is 0 Å². The van der Waals surface area contributed by atoms with Crippen molar-refractivity contribution in [1.29, 1.82) is 0 Å². The third-order valence-corrected chi connectivity index (χ3v) is 5.05. The number of likely N-dealkylation sites (tertiary alicyclic amines) is 1. The van der Waals surface area contributed by atoms with Crippen LogP contribution < -0.4 is 5.32 Å². The van der Waals surface area contributed by atoms with Gasteiger partial charge in [-0.2, -0.15) is 0 Å². The Kier molecular flexibility index (Phi) is 4.87. The van der Waals surface area contributed by atoms with Crippen molar-refractivity contribution in [3.63, 3.8) is 0 Å². The molecule has 2 nitrogen and oxygen atoms in total. The summed E-state index contributed by atoms with van der Waals surface area (Å²) in [5.74, 6) is 1.87. The molecule has 1 aliphatic carbocycles. The second-order valence-corrected chi connectivity index (χ2v) is 6.41. The summed E-state index contributed by atoms with van der Waals surface area (Å²) < 4.78 is 0. The summed E-state index contributed by atoms with van der Waals surface area (Å²) in [6, 6.07) is 1.52. The van der Waals surface area contributed by atoms with Crippen molar-refractivity contribution < 1.29 is 0 Å². The Labute approximate surface area is 107 Å². The normalized spacial score (nSPS) is 34.1. The summed E-state index contributed by atoms with van der Waals surface area (Å²) in [7, 11) is 2.15. The van der Waals surface area contributed by atoms with Crippen molar-refractivity contribution >= 4 is 0 Å². The molecule has 2 fully saturated rings. The minimum atomic E-state index is 0.730. The second-order valence-electron chi connectivity index (χ2n) is 6.41. The maximum Gasteiger partial charge on any atom is 0.0220 e. The predicted molar refractivity (Wildman–Crippen MR) is 74.2 cm³/mol. The van der Waals surface area contributed by atoms with Crippen molar-refractivity contribution in [2.45, 2.75) is 64.5 Å². The zero-order chi connectivity index (χ0) is 12.3. The summed E-state index contributed by atoms with van der Waals surface area (Å²) in [5, 5.41) is 3.58. The molecule has 1 N–H and O–H groups in total. The molecule has 0 spiro atoms. The highest BCUT2D eigenvalue weighted by Gasteiger charge is 2.29. The first-order valence-electron chi connectivity index (χ1n) is 7.62. The smallest absolute Gasteiger partial charge is 0.0220 e. The molecule has 0 aromatic carbocycles. The van der Waals surface area contributed by atoms with Crippen LogP contribution in [0.2, 0.25) is 0 Å². The Hall–Kier alpha value is -0.0800. The van der Waals surface area contributed by atoms with Gasteiger partial charge in [0.15, 0.2) is 0 Å². The van der Waals surface area contributed by atoms with Gasteiger partial charge in [0.2, 0.25) is 0 Å². The molecule has 0 amide bonds. The van der Waals surface area contributed by atoms with E-state index in [4.69, 9.17) is 0 Å². The van der Waals surface area contributed by atoms with Crippen molar-refractivity contribution in [2.24, 2.45) is 11.8 Å². The van der Waals surface area contributed by atoms with Gasteiger partial charge in [0.25, 0.3) is 0 Å². The lowest BCUT2D eigenvalue weighted by atomic mass is 9.91. The van der Waals surface area contributed by atoms with Crippen LogP contribution >= 0.6 is 0 Å². The van der Waals surface area contributed by atoms with Gasteiger partial charge in [0.05, 0.1) is 0 Å². The van der Waals surface area contributed by atoms with Crippen LogP contribution in [0.3, 0.4) is 0 Å². The van der Waals surface area contributed by atoms with E-state index in [-0.39, 0.29) is 0 Å². The standard InChI is InChI=1S/C15H30N2/c1-12-8-9-17(13(2)10-12)11-15(16-3)14-6-4-5-7-14/h12-16H,4-11H2,1-3H3. The zero-order valence-corrected chi connectivity index (χ0v) is 11.9. The maximum absolute atomic E-state index is 3.58. The summed E-state index contributed by atoms with van der Waals surface area (Å²) in [4.78, 5) is 2.72. The number of hydrogen-bond donors (Lipinski definition) is 1. The van der Waals surface area contributed by atoms with E-state index in [0.717, 1.165) is 23.9 Å². The molecule has 17 heavy (non-hydrogen) atoms. The van der Waals surface area contributed by atoms with Crippen LogP contribution in [0.15, 0.2) is 0 Å². The van der Waals surface area contributed by atoms with E-state index in [1.807, 2.05) is 0 Å². The monoisotopic (exact) mass is 238 g/mol. The summed E-state index contributed by atoms with van der Waals surface area (Å²) in [6.07, 6.45) is 8.59. The molecule has 0 aromatic heterocycles. The number of nitrogens with one attached hydrogen (secondary N) is 1. The molecule has 1 saturated heterocycles.